The van der Waals surface area contributed by atoms with Crippen LogP contribution in [0, 0.1) is 0 Å². The number of carbonyl (C=O) groups is 1. The summed E-state index contributed by atoms with van der Waals surface area (Å²) >= 11 is 0. The summed E-state index contributed by atoms with van der Waals surface area (Å²) in [6.45, 7) is -1.97. The average molecular weight is 275 g/mol. The molecule has 0 aliphatic carbocycles. The van der Waals surface area contributed by atoms with Crippen molar-refractivity contribution in [1.82, 2.24) is 4.31 Å². The number of aliphatic hydroxyl groups is 1. The normalized spacial score (nSPS) is 12.3. The number of carboxylic acids is 1. The number of carboxylic acid groups (broad SMARTS) is 1. The molecule has 9 heteroatoms. The summed E-state index contributed by atoms with van der Waals surface area (Å²) in [5, 5.41) is 16.9. The van der Waals surface area contributed by atoms with Crippen LogP contribution in [0.2, 0.25) is 0 Å². The second kappa shape index (κ2) is 7.51. The minimum Gasteiger partial charge on any atom is -0.481 e. The molecule has 0 radical (unpaired) electrons. The second-order valence-electron chi connectivity index (χ2n) is 3.29. The van der Waals surface area contributed by atoms with Crippen LogP contribution in [-0.2, 0) is 14.8 Å². The molecule has 0 aliphatic heterocycles. The first kappa shape index (κ1) is 16.2. The number of alkyl halides is 2. The molecule has 6 nitrogen and oxygen atoms in total. The van der Waals surface area contributed by atoms with Crippen molar-refractivity contribution >= 4 is 16.0 Å². The van der Waals surface area contributed by atoms with Crippen molar-refractivity contribution in [2.24, 2.45) is 0 Å². The fourth-order valence-corrected chi connectivity index (χ4v) is 2.61. The topological polar surface area (TPSA) is 94.9 Å². The zero-order chi connectivity index (χ0) is 13.5. The Balaban J connectivity index is 4.43. The molecule has 102 valence electrons. The average Bonchev–Trinajstić information content (AvgIpc) is 2.15. The standard InChI is InChI=1S/C8H15F2NO5S/c9-7(10)6-11(3-4-12)17(15,16)5-1-2-8(13)14/h7,12H,1-6H2,(H,13,14). The summed E-state index contributed by atoms with van der Waals surface area (Å²) < 4.78 is 47.7. The molecule has 0 atom stereocenters. The van der Waals surface area contributed by atoms with Gasteiger partial charge in [0.2, 0.25) is 10.0 Å². The number of nitrogens with zero attached hydrogens (tertiary/aromatic N) is 1. The second-order valence-corrected chi connectivity index (χ2v) is 5.37. The number of hydrogen-bond donors (Lipinski definition) is 2. The summed E-state index contributed by atoms with van der Waals surface area (Å²) in [6, 6.07) is 0. The van der Waals surface area contributed by atoms with Crippen LogP contribution >= 0.6 is 0 Å². The van der Waals surface area contributed by atoms with Gasteiger partial charge in [0, 0.05) is 13.0 Å². The Labute approximate surface area is 97.9 Å². The third-order valence-electron chi connectivity index (χ3n) is 1.88. The first-order chi connectivity index (χ1) is 7.79. The molecule has 0 heterocycles. The van der Waals surface area contributed by atoms with E-state index >= 15 is 0 Å². The Morgan fingerprint density at radius 1 is 1.35 bits per heavy atom. The first-order valence-electron chi connectivity index (χ1n) is 4.88. The van der Waals surface area contributed by atoms with Crippen molar-refractivity contribution in [3.05, 3.63) is 0 Å². The smallest absolute Gasteiger partial charge is 0.303 e. The van der Waals surface area contributed by atoms with Crippen molar-refractivity contribution in [2.75, 3.05) is 25.4 Å². The highest BCUT2D eigenvalue weighted by atomic mass is 32.2. The maximum absolute atomic E-state index is 12.1. The van der Waals surface area contributed by atoms with Gasteiger partial charge in [-0.1, -0.05) is 0 Å². The molecular weight excluding hydrogens is 260 g/mol. The predicted octanol–water partition coefficient (Wildman–Crippen LogP) is -0.260. The van der Waals surface area contributed by atoms with Gasteiger partial charge >= 0.3 is 5.97 Å². The van der Waals surface area contributed by atoms with E-state index in [1.807, 2.05) is 0 Å². The molecule has 0 unspecified atom stereocenters. The highest BCUT2D eigenvalue weighted by Crippen LogP contribution is 2.08. The molecule has 0 bridgehead atoms. The van der Waals surface area contributed by atoms with Crippen LogP contribution < -0.4 is 0 Å². The molecule has 0 saturated carbocycles. The molecule has 0 spiro atoms. The third-order valence-corrected chi connectivity index (χ3v) is 3.80. The number of aliphatic hydroxyl groups excluding tert-OH is 1. The van der Waals surface area contributed by atoms with Gasteiger partial charge in [-0.3, -0.25) is 4.79 Å². The largest absolute Gasteiger partial charge is 0.481 e. The lowest BCUT2D eigenvalue weighted by Gasteiger charge is -2.20. The molecule has 0 rings (SSSR count). The Morgan fingerprint density at radius 2 is 1.94 bits per heavy atom. The number of rotatable bonds is 9. The van der Waals surface area contributed by atoms with Gasteiger partial charge in [0.15, 0.2) is 0 Å². The first-order valence-corrected chi connectivity index (χ1v) is 6.49. The minimum absolute atomic E-state index is 0.150. The summed E-state index contributed by atoms with van der Waals surface area (Å²) in [7, 11) is -3.95. The van der Waals surface area contributed by atoms with Crippen molar-refractivity contribution in [1.29, 1.82) is 0 Å². The van der Waals surface area contributed by atoms with Crippen molar-refractivity contribution < 1.29 is 32.2 Å². The molecule has 0 fully saturated rings. The lowest BCUT2D eigenvalue weighted by molar-refractivity contribution is -0.137. The summed E-state index contributed by atoms with van der Waals surface area (Å²) in [4.78, 5) is 10.2. The van der Waals surface area contributed by atoms with E-state index in [0.717, 1.165) is 0 Å². The van der Waals surface area contributed by atoms with Gasteiger partial charge in [0.1, 0.15) is 0 Å². The van der Waals surface area contributed by atoms with Crippen LogP contribution in [0.3, 0.4) is 0 Å². The number of aliphatic carboxylic acids is 1. The van der Waals surface area contributed by atoms with Crippen LogP contribution in [0.1, 0.15) is 12.8 Å². The number of hydrogen-bond acceptors (Lipinski definition) is 4. The molecule has 0 aromatic carbocycles. The van der Waals surface area contributed by atoms with E-state index in [4.69, 9.17) is 10.2 Å². The van der Waals surface area contributed by atoms with Crippen LogP contribution in [0.4, 0.5) is 8.78 Å². The van der Waals surface area contributed by atoms with Crippen LogP contribution in [-0.4, -0.2) is 60.8 Å². The highest BCUT2D eigenvalue weighted by Gasteiger charge is 2.24. The van der Waals surface area contributed by atoms with Crippen molar-refractivity contribution in [3.8, 4) is 0 Å². The molecule has 0 aromatic rings. The predicted molar refractivity (Wildman–Crippen MR) is 55.3 cm³/mol. The third kappa shape index (κ3) is 7.18. The molecular formula is C8H15F2NO5S. The van der Waals surface area contributed by atoms with Gasteiger partial charge in [-0.05, 0) is 6.42 Å². The lowest BCUT2D eigenvalue weighted by atomic mass is 10.3. The summed E-state index contributed by atoms with van der Waals surface area (Å²) in [5.41, 5.74) is 0. The van der Waals surface area contributed by atoms with Crippen molar-refractivity contribution in [2.45, 2.75) is 19.3 Å². The van der Waals surface area contributed by atoms with E-state index < -0.39 is 47.9 Å². The minimum atomic E-state index is -3.95. The van der Waals surface area contributed by atoms with Crippen molar-refractivity contribution in [3.63, 3.8) is 0 Å². The zero-order valence-electron chi connectivity index (χ0n) is 9.05. The molecule has 0 aliphatic rings. The molecule has 0 amide bonds. The lowest BCUT2D eigenvalue weighted by Crippen LogP contribution is -2.38. The fraction of sp³-hybridized carbons (Fsp3) is 0.875. The van der Waals surface area contributed by atoms with E-state index in [1.165, 1.54) is 0 Å². The van der Waals surface area contributed by atoms with Crippen LogP contribution in [0.5, 0.6) is 0 Å². The van der Waals surface area contributed by atoms with Gasteiger partial charge < -0.3 is 10.2 Å². The molecule has 0 aromatic heterocycles. The Hall–Kier alpha value is -0.800. The van der Waals surface area contributed by atoms with E-state index in [9.17, 15) is 22.0 Å². The highest BCUT2D eigenvalue weighted by molar-refractivity contribution is 7.89. The van der Waals surface area contributed by atoms with E-state index in [2.05, 4.69) is 0 Å². The number of sulfonamides is 1. The molecule has 2 N–H and O–H groups in total. The van der Waals surface area contributed by atoms with Crippen LogP contribution in [0.15, 0.2) is 0 Å². The summed E-state index contributed by atoms with van der Waals surface area (Å²) in [5.74, 6) is -1.67. The maximum atomic E-state index is 12.1. The van der Waals surface area contributed by atoms with Gasteiger partial charge in [-0.15, -0.1) is 0 Å². The maximum Gasteiger partial charge on any atom is 0.303 e. The SMILES string of the molecule is O=C(O)CCCS(=O)(=O)N(CCO)CC(F)F. The van der Waals surface area contributed by atoms with Gasteiger partial charge in [0.25, 0.3) is 6.43 Å². The Morgan fingerprint density at radius 3 is 2.35 bits per heavy atom. The Kier molecular flexibility index (Phi) is 7.16. The monoisotopic (exact) mass is 275 g/mol. The van der Waals surface area contributed by atoms with E-state index in [0.29, 0.717) is 4.31 Å². The van der Waals surface area contributed by atoms with Gasteiger partial charge in [-0.25, -0.2) is 17.2 Å². The summed E-state index contributed by atoms with van der Waals surface area (Å²) in [6.07, 6.45) is -3.33. The fourth-order valence-electron chi connectivity index (χ4n) is 1.14. The van der Waals surface area contributed by atoms with Gasteiger partial charge in [-0.2, -0.15) is 4.31 Å². The van der Waals surface area contributed by atoms with Gasteiger partial charge in [0.05, 0.1) is 18.9 Å². The zero-order valence-corrected chi connectivity index (χ0v) is 9.87. The van der Waals surface area contributed by atoms with E-state index in [-0.39, 0.29) is 12.8 Å². The molecule has 17 heavy (non-hydrogen) atoms. The Bertz CT molecular complexity index is 333. The molecule has 0 saturated heterocycles. The van der Waals surface area contributed by atoms with Crippen LogP contribution in [0.25, 0.3) is 0 Å². The van der Waals surface area contributed by atoms with E-state index in [1.54, 1.807) is 0 Å². The number of halogens is 2. The quantitative estimate of drug-likeness (QED) is 0.604.